The van der Waals surface area contributed by atoms with Crippen LogP contribution in [0.2, 0.25) is 5.02 Å². The molecular weight excluding hydrogens is 392 g/mol. The number of halogens is 1. The Hall–Kier alpha value is -3.32. The first-order valence-corrected chi connectivity index (χ1v) is 9.51. The molecule has 8 heteroatoms. The molecule has 0 bridgehead atoms. The maximum atomic E-state index is 12.7. The van der Waals surface area contributed by atoms with Gasteiger partial charge in [0.15, 0.2) is 5.58 Å². The molecule has 0 fully saturated rings. The number of amides is 1. The van der Waals surface area contributed by atoms with Crippen LogP contribution in [0.15, 0.2) is 70.1 Å². The van der Waals surface area contributed by atoms with E-state index in [-0.39, 0.29) is 24.9 Å². The molecule has 0 aliphatic rings. The molecule has 1 amide bonds. The predicted molar refractivity (Wildman–Crippen MR) is 110 cm³/mol. The van der Waals surface area contributed by atoms with Gasteiger partial charge in [0.1, 0.15) is 11.9 Å². The maximum Gasteiger partial charge on any atom is 0.419 e. The van der Waals surface area contributed by atoms with Crippen LogP contribution in [0.5, 0.6) is 0 Å². The Kier molecular flexibility index (Phi) is 5.22. The van der Waals surface area contributed by atoms with Gasteiger partial charge in [0.05, 0.1) is 5.52 Å². The highest BCUT2D eigenvalue weighted by atomic mass is 35.5. The van der Waals surface area contributed by atoms with Crippen LogP contribution >= 0.6 is 11.6 Å². The molecule has 2 heterocycles. The van der Waals surface area contributed by atoms with Crippen molar-refractivity contribution in [3.05, 3.63) is 87.9 Å². The normalized spacial score (nSPS) is 12.2. The molecule has 0 radical (unpaired) electrons. The summed E-state index contributed by atoms with van der Waals surface area (Å²) in [6.07, 6.45) is 3.64. The van der Waals surface area contributed by atoms with Crippen molar-refractivity contribution >= 4 is 28.6 Å². The van der Waals surface area contributed by atoms with Crippen molar-refractivity contribution in [2.75, 3.05) is 0 Å². The Morgan fingerprint density at radius 2 is 2.03 bits per heavy atom. The van der Waals surface area contributed by atoms with Gasteiger partial charge in [-0.25, -0.2) is 9.78 Å². The summed E-state index contributed by atoms with van der Waals surface area (Å²) in [5.41, 5.74) is 1.93. The van der Waals surface area contributed by atoms with Crippen LogP contribution in [0.4, 0.5) is 0 Å². The highest BCUT2D eigenvalue weighted by Gasteiger charge is 2.21. The summed E-state index contributed by atoms with van der Waals surface area (Å²) in [7, 11) is 1.88. The van der Waals surface area contributed by atoms with E-state index in [9.17, 15) is 9.59 Å². The second kappa shape index (κ2) is 7.97. The zero-order chi connectivity index (χ0) is 20.4. The van der Waals surface area contributed by atoms with Crippen molar-refractivity contribution in [2.24, 2.45) is 7.05 Å². The van der Waals surface area contributed by atoms with Crippen LogP contribution in [0.25, 0.3) is 11.1 Å². The van der Waals surface area contributed by atoms with Gasteiger partial charge < -0.3 is 14.3 Å². The molecule has 0 unspecified atom stereocenters. The smallest absolute Gasteiger partial charge is 0.408 e. The van der Waals surface area contributed by atoms with Gasteiger partial charge >= 0.3 is 5.76 Å². The van der Waals surface area contributed by atoms with E-state index in [1.165, 1.54) is 4.57 Å². The number of carbonyl (C=O) groups is 1. The lowest BCUT2D eigenvalue weighted by Gasteiger charge is -2.19. The largest absolute Gasteiger partial charge is 0.419 e. The summed E-state index contributed by atoms with van der Waals surface area (Å²) in [6, 6.07) is 14.2. The number of fused-ring (bicyclic) bond motifs is 1. The number of aromatic nitrogens is 3. The summed E-state index contributed by atoms with van der Waals surface area (Å²) in [5, 5.41) is 3.51. The van der Waals surface area contributed by atoms with Crippen molar-refractivity contribution in [2.45, 2.75) is 19.0 Å². The average Bonchev–Trinajstić information content (AvgIpc) is 3.27. The van der Waals surface area contributed by atoms with E-state index in [1.54, 1.807) is 24.4 Å². The number of oxazole rings is 1. The molecule has 0 saturated heterocycles. The first kappa shape index (κ1) is 19.0. The standard InChI is InChI=1S/C21H19ClN4O3/c1-25-12-10-23-20(25)19(14-5-3-2-4-6-14)24-18(27)9-11-26-16-8-7-15(22)13-17(16)29-21(26)28/h2-8,10,12-13,19H,9,11H2,1H3,(H,24,27)/t19-/m0/s1. The van der Waals surface area contributed by atoms with E-state index in [4.69, 9.17) is 16.0 Å². The van der Waals surface area contributed by atoms with E-state index >= 15 is 0 Å². The van der Waals surface area contributed by atoms with Crippen LogP contribution in [0, 0.1) is 0 Å². The molecular formula is C21H19ClN4O3. The van der Waals surface area contributed by atoms with E-state index in [0.717, 1.165) is 11.4 Å². The Balaban J connectivity index is 1.53. The zero-order valence-electron chi connectivity index (χ0n) is 15.7. The third kappa shape index (κ3) is 3.95. The second-order valence-corrected chi connectivity index (χ2v) is 7.13. The Morgan fingerprint density at radius 3 is 2.76 bits per heavy atom. The van der Waals surface area contributed by atoms with Gasteiger partial charge in [-0.2, -0.15) is 0 Å². The van der Waals surface area contributed by atoms with Crippen molar-refractivity contribution < 1.29 is 9.21 Å². The number of carbonyl (C=O) groups excluding carboxylic acids is 1. The Labute approximate surface area is 171 Å². The molecule has 1 N–H and O–H groups in total. The van der Waals surface area contributed by atoms with E-state index in [0.29, 0.717) is 16.1 Å². The Morgan fingerprint density at radius 1 is 1.24 bits per heavy atom. The van der Waals surface area contributed by atoms with Crippen LogP contribution in [-0.2, 0) is 18.4 Å². The minimum atomic E-state index is -0.515. The quantitative estimate of drug-likeness (QED) is 0.529. The first-order chi connectivity index (χ1) is 14.0. The summed E-state index contributed by atoms with van der Waals surface area (Å²) < 4.78 is 8.52. The van der Waals surface area contributed by atoms with Gasteiger partial charge in [-0.05, 0) is 17.7 Å². The molecule has 0 spiro atoms. The number of aryl methyl sites for hydroxylation is 2. The van der Waals surface area contributed by atoms with E-state index < -0.39 is 5.76 Å². The number of nitrogens with one attached hydrogen (secondary N) is 1. The lowest BCUT2D eigenvalue weighted by atomic mass is 10.1. The monoisotopic (exact) mass is 410 g/mol. The molecule has 1 atom stereocenters. The van der Waals surface area contributed by atoms with Crippen LogP contribution < -0.4 is 11.1 Å². The number of benzene rings is 2. The lowest BCUT2D eigenvalue weighted by molar-refractivity contribution is -0.121. The predicted octanol–water partition coefficient (Wildman–Crippen LogP) is 3.28. The maximum absolute atomic E-state index is 12.7. The molecule has 29 heavy (non-hydrogen) atoms. The number of imidazole rings is 1. The molecule has 4 rings (SSSR count). The Bertz CT molecular complexity index is 1210. The lowest BCUT2D eigenvalue weighted by Crippen LogP contribution is -2.32. The number of nitrogens with zero attached hydrogens (tertiary/aromatic N) is 3. The van der Waals surface area contributed by atoms with Crippen molar-refractivity contribution in [3.63, 3.8) is 0 Å². The van der Waals surface area contributed by atoms with Gasteiger partial charge in [0.25, 0.3) is 0 Å². The highest BCUT2D eigenvalue weighted by Crippen LogP contribution is 2.21. The fraction of sp³-hybridized carbons (Fsp3) is 0.190. The third-order valence-corrected chi connectivity index (χ3v) is 4.98. The number of hydrogen-bond donors (Lipinski definition) is 1. The van der Waals surface area contributed by atoms with E-state index in [1.807, 2.05) is 48.1 Å². The second-order valence-electron chi connectivity index (χ2n) is 6.69. The molecule has 4 aromatic rings. The van der Waals surface area contributed by atoms with Crippen LogP contribution in [0.1, 0.15) is 23.9 Å². The number of hydrogen-bond acceptors (Lipinski definition) is 4. The van der Waals surface area contributed by atoms with Gasteiger partial charge in [-0.15, -0.1) is 0 Å². The average molecular weight is 411 g/mol. The highest BCUT2D eigenvalue weighted by molar-refractivity contribution is 6.31. The van der Waals surface area contributed by atoms with Gasteiger partial charge in [0, 0.05) is 43.5 Å². The van der Waals surface area contributed by atoms with Gasteiger partial charge in [-0.3, -0.25) is 9.36 Å². The van der Waals surface area contributed by atoms with Crippen LogP contribution in [0.3, 0.4) is 0 Å². The molecule has 0 saturated carbocycles. The van der Waals surface area contributed by atoms with Crippen molar-refractivity contribution in [3.8, 4) is 0 Å². The summed E-state index contributed by atoms with van der Waals surface area (Å²) in [6.45, 7) is 0.196. The summed E-state index contributed by atoms with van der Waals surface area (Å²) >= 11 is 5.94. The minimum absolute atomic E-state index is 0.116. The SMILES string of the molecule is Cn1ccnc1[C@@H](NC(=O)CCn1c(=O)oc2cc(Cl)ccc21)c1ccccc1. The van der Waals surface area contributed by atoms with E-state index in [2.05, 4.69) is 10.3 Å². The molecule has 2 aromatic heterocycles. The molecule has 0 aliphatic heterocycles. The van der Waals surface area contributed by atoms with Gasteiger partial charge in [-0.1, -0.05) is 41.9 Å². The zero-order valence-corrected chi connectivity index (χ0v) is 16.5. The molecule has 0 aliphatic carbocycles. The molecule has 7 nitrogen and oxygen atoms in total. The summed E-state index contributed by atoms with van der Waals surface area (Å²) in [4.78, 5) is 29.2. The van der Waals surface area contributed by atoms with Gasteiger partial charge in [0.2, 0.25) is 5.91 Å². The topological polar surface area (TPSA) is 82.1 Å². The minimum Gasteiger partial charge on any atom is -0.408 e. The third-order valence-electron chi connectivity index (χ3n) is 4.75. The fourth-order valence-electron chi connectivity index (χ4n) is 3.30. The fourth-order valence-corrected chi connectivity index (χ4v) is 3.46. The molecule has 2 aromatic carbocycles. The first-order valence-electron chi connectivity index (χ1n) is 9.13. The molecule has 148 valence electrons. The summed E-state index contributed by atoms with van der Waals surface area (Å²) in [5.74, 6) is 0.0148. The van der Waals surface area contributed by atoms with Crippen LogP contribution in [-0.4, -0.2) is 20.0 Å². The number of rotatable bonds is 6. The van der Waals surface area contributed by atoms with Crippen molar-refractivity contribution in [1.82, 2.24) is 19.4 Å². The van der Waals surface area contributed by atoms with Crippen molar-refractivity contribution in [1.29, 1.82) is 0 Å².